The summed E-state index contributed by atoms with van der Waals surface area (Å²) in [5.74, 6) is 0.434. The number of halogens is 1. The molecule has 0 aliphatic heterocycles. The van der Waals surface area contributed by atoms with Gasteiger partial charge in [0.2, 0.25) is 0 Å². The summed E-state index contributed by atoms with van der Waals surface area (Å²) in [6.07, 6.45) is 1.00. The zero-order valence-corrected chi connectivity index (χ0v) is 16.2. The zero-order valence-electron chi connectivity index (χ0n) is 13.9. The maximum absolute atomic E-state index is 5.97. The lowest BCUT2D eigenvalue weighted by Gasteiger charge is -2.13. The number of nitrogens with zero attached hydrogens (tertiary/aromatic N) is 2. The molecule has 0 radical (unpaired) electrons. The second kappa shape index (κ2) is 9.39. The van der Waals surface area contributed by atoms with Gasteiger partial charge in [0, 0.05) is 25.5 Å². The molecular weight excluding hydrogens is 399 g/mol. The molecule has 5 heteroatoms. The number of guanidine groups is 1. The van der Waals surface area contributed by atoms with Crippen molar-refractivity contribution in [1.82, 2.24) is 0 Å². The molecule has 2 rings (SSSR count). The van der Waals surface area contributed by atoms with Gasteiger partial charge in [-0.2, -0.15) is 0 Å². The van der Waals surface area contributed by atoms with Gasteiger partial charge in [0.25, 0.3) is 0 Å². The van der Waals surface area contributed by atoms with E-state index in [0.29, 0.717) is 12.5 Å². The van der Waals surface area contributed by atoms with Crippen LogP contribution < -0.4 is 16.0 Å². The van der Waals surface area contributed by atoms with Crippen LogP contribution in [0.4, 0.5) is 11.4 Å². The Bertz CT molecular complexity index is 653. The van der Waals surface area contributed by atoms with Gasteiger partial charge in [0.15, 0.2) is 5.96 Å². The molecule has 0 fully saturated rings. The summed E-state index contributed by atoms with van der Waals surface area (Å²) in [6, 6.07) is 16.5. The second-order valence-electron chi connectivity index (χ2n) is 5.44. The van der Waals surface area contributed by atoms with Crippen molar-refractivity contribution < 1.29 is 0 Å². The van der Waals surface area contributed by atoms with E-state index < -0.39 is 0 Å². The zero-order chi connectivity index (χ0) is 15.9. The highest BCUT2D eigenvalue weighted by Crippen LogP contribution is 2.14. The summed E-state index contributed by atoms with van der Waals surface area (Å²) in [6.45, 7) is 2.70. The number of anilines is 2. The van der Waals surface area contributed by atoms with E-state index in [0.717, 1.165) is 23.4 Å². The van der Waals surface area contributed by atoms with Crippen LogP contribution in [0, 0.1) is 0 Å². The molecule has 0 heterocycles. The molecule has 124 valence electrons. The van der Waals surface area contributed by atoms with E-state index in [9.17, 15) is 0 Å². The Balaban J connectivity index is 0.00000264. The van der Waals surface area contributed by atoms with Crippen LogP contribution in [0.15, 0.2) is 53.5 Å². The van der Waals surface area contributed by atoms with Crippen molar-refractivity contribution in [3.63, 3.8) is 0 Å². The van der Waals surface area contributed by atoms with Crippen LogP contribution in [-0.2, 0) is 13.0 Å². The third kappa shape index (κ3) is 6.09. The Morgan fingerprint density at radius 2 is 1.78 bits per heavy atom. The fourth-order valence-electron chi connectivity index (χ4n) is 2.17. The molecule has 23 heavy (non-hydrogen) atoms. The third-order valence-corrected chi connectivity index (χ3v) is 3.47. The van der Waals surface area contributed by atoms with Crippen LogP contribution in [0.25, 0.3) is 0 Å². The number of nitrogens with one attached hydrogen (secondary N) is 1. The molecule has 0 saturated carbocycles. The predicted molar refractivity (Wildman–Crippen MR) is 111 cm³/mol. The number of aliphatic imine (C=N–C) groups is 1. The average molecular weight is 424 g/mol. The number of benzene rings is 2. The van der Waals surface area contributed by atoms with E-state index in [-0.39, 0.29) is 24.0 Å². The Hall–Kier alpha value is -1.76. The molecule has 0 aliphatic rings. The number of aryl methyl sites for hydroxylation is 1. The number of rotatable bonds is 5. The quantitative estimate of drug-likeness (QED) is 0.436. The highest BCUT2D eigenvalue weighted by atomic mass is 127. The highest BCUT2D eigenvalue weighted by Gasteiger charge is 1.99. The first-order chi connectivity index (χ1) is 10.6. The minimum atomic E-state index is 0. The van der Waals surface area contributed by atoms with Gasteiger partial charge in [0.1, 0.15) is 0 Å². The van der Waals surface area contributed by atoms with Crippen molar-refractivity contribution in [1.29, 1.82) is 0 Å². The summed E-state index contributed by atoms with van der Waals surface area (Å²) < 4.78 is 0. The first kappa shape index (κ1) is 19.3. The Morgan fingerprint density at radius 3 is 2.48 bits per heavy atom. The number of hydrogen-bond acceptors (Lipinski definition) is 2. The average Bonchev–Trinajstić information content (AvgIpc) is 2.53. The molecule has 0 spiro atoms. The maximum atomic E-state index is 5.97. The molecule has 0 unspecified atom stereocenters. The topological polar surface area (TPSA) is 53.6 Å². The van der Waals surface area contributed by atoms with Crippen LogP contribution in [-0.4, -0.2) is 20.1 Å². The first-order valence-corrected chi connectivity index (χ1v) is 7.50. The highest BCUT2D eigenvalue weighted by molar-refractivity contribution is 14.0. The van der Waals surface area contributed by atoms with Crippen LogP contribution in [0.2, 0.25) is 0 Å². The minimum Gasteiger partial charge on any atom is -0.378 e. The van der Waals surface area contributed by atoms with Crippen LogP contribution in [0.5, 0.6) is 0 Å². The SMILES string of the molecule is CCc1cccc(NC(N)=NCc2cccc(N(C)C)c2)c1.I. The molecule has 0 bridgehead atoms. The van der Waals surface area contributed by atoms with Crippen molar-refractivity contribution in [2.45, 2.75) is 19.9 Å². The number of hydrogen-bond donors (Lipinski definition) is 2. The molecule has 0 aliphatic carbocycles. The van der Waals surface area contributed by atoms with Gasteiger partial charge in [-0.05, 0) is 41.8 Å². The summed E-state index contributed by atoms with van der Waals surface area (Å²) in [4.78, 5) is 6.48. The summed E-state index contributed by atoms with van der Waals surface area (Å²) in [7, 11) is 4.05. The van der Waals surface area contributed by atoms with Crippen molar-refractivity contribution in [2.75, 3.05) is 24.3 Å². The van der Waals surface area contributed by atoms with E-state index in [1.807, 2.05) is 32.3 Å². The van der Waals surface area contributed by atoms with E-state index in [4.69, 9.17) is 5.73 Å². The van der Waals surface area contributed by atoms with Gasteiger partial charge >= 0.3 is 0 Å². The monoisotopic (exact) mass is 424 g/mol. The molecule has 0 atom stereocenters. The van der Waals surface area contributed by atoms with Gasteiger partial charge in [-0.25, -0.2) is 4.99 Å². The molecular formula is C18H25IN4. The molecule has 3 N–H and O–H groups in total. The summed E-state index contributed by atoms with van der Waals surface area (Å²) >= 11 is 0. The maximum Gasteiger partial charge on any atom is 0.193 e. The summed E-state index contributed by atoms with van der Waals surface area (Å²) in [5, 5.41) is 3.14. The molecule has 0 saturated heterocycles. The Labute approximate surface area is 155 Å². The molecule has 4 nitrogen and oxygen atoms in total. The number of nitrogens with two attached hydrogens (primary N) is 1. The minimum absolute atomic E-state index is 0. The first-order valence-electron chi connectivity index (χ1n) is 7.50. The van der Waals surface area contributed by atoms with E-state index in [2.05, 4.69) is 52.5 Å². The van der Waals surface area contributed by atoms with Gasteiger partial charge in [0.05, 0.1) is 6.54 Å². The summed E-state index contributed by atoms with van der Waals surface area (Å²) in [5.41, 5.74) is 10.5. The molecule has 0 amide bonds. The normalized spacial score (nSPS) is 10.8. The largest absolute Gasteiger partial charge is 0.378 e. The second-order valence-corrected chi connectivity index (χ2v) is 5.44. The van der Waals surface area contributed by atoms with Gasteiger partial charge < -0.3 is 16.0 Å². The van der Waals surface area contributed by atoms with E-state index >= 15 is 0 Å². The van der Waals surface area contributed by atoms with Gasteiger partial charge in [-0.3, -0.25) is 0 Å². The van der Waals surface area contributed by atoms with Crippen molar-refractivity contribution in [3.8, 4) is 0 Å². The van der Waals surface area contributed by atoms with E-state index in [1.54, 1.807) is 0 Å². The lowest BCUT2D eigenvalue weighted by molar-refractivity contribution is 1.05. The fraction of sp³-hybridized carbons (Fsp3) is 0.278. The Morgan fingerprint density at radius 1 is 1.09 bits per heavy atom. The van der Waals surface area contributed by atoms with E-state index in [1.165, 1.54) is 5.56 Å². The standard InChI is InChI=1S/C18H24N4.HI/c1-4-14-7-5-9-16(11-14)21-18(19)20-13-15-8-6-10-17(12-15)22(2)3;/h5-12H,4,13H2,1-3H3,(H3,19,20,21);1H. The Kier molecular flexibility index (Phi) is 7.88. The van der Waals surface area contributed by atoms with Crippen LogP contribution >= 0.6 is 24.0 Å². The fourth-order valence-corrected chi connectivity index (χ4v) is 2.17. The van der Waals surface area contributed by atoms with Gasteiger partial charge in [-0.1, -0.05) is 31.2 Å². The third-order valence-electron chi connectivity index (χ3n) is 3.47. The molecule has 2 aromatic rings. The van der Waals surface area contributed by atoms with Gasteiger partial charge in [-0.15, -0.1) is 24.0 Å². The predicted octanol–water partition coefficient (Wildman–Crippen LogP) is 3.86. The smallest absolute Gasteiger partial charge is 0.193 e. The van der Waals surface area contributed by atoms with Crippen molar-refractivity contribution >= 4 is 41.3 Å². The lowest BCUT2D eigenvalue weighted by atomic mass is 10.1. The van der Waals surface area contributed by atoms with Crippen molar-refractivity contribution in [2.24, 2.45) is 10.7 Å². The molecule has 0 aromatic heterocycles. The van der Waals surface area contributed by atoms with Crippen molar-refractivity contribution in [3.05, 3.63) is 59.7 Å². The lowest BCUT2D eigenvalue weighted by Crippen LogP contribution is -2.22. The van der Waals surface area contributed by atoms with Crippen LogP contribution in [0.1, 0.15) is 18.1 Å². The molecule has 2 aromatic carbocycles. The van der Waals surface area contributed by atoms with Crippen LogP contribution in [0.3, 0.4) is 0 Å².